The van der Waals surface area contributed by atoms with E-state index in [4.69, 9.17) is 4.74 Å². The molecule has 0 aromatic heterocycles. The molecule has 1 aromatic carbocycles. The number of hydrogen-bond acceptors (Lipinski definition) is 2. The van der Waals surface area contributed by atoms with Gasteiger partial charge in [-0.25, -0.2) is 0 Å². The van der Waals surface area contributed by atoms with Crippen molar-refractivity contribution in [1.29, 1.82) is 0 Å². The largest absolute Gasteiger partial charge is 0.466 e. The Hall–Kier alpha value is -1.31. The fourth-order valence-corrected chi connectivity index (χ4v) is 2.14. The zero-order valence-electron chi connectivity index (χ0n) is 11.2. The number of hydrogen-bond donors (Lipinski definition) is 0. The van der Waals surface area contributed by atoms with Gasteiger partial charge >= 0.3 is 5.97 Å². The highest BCUT2D eigenvalue weighted by atomic mass is 16.5. The molecule has 0 radical (unpaired) electrons. The third kappa shape index (κ3) is 3.32. The molecular weight excluding hydrogens is 212 g/mol. The van der Waals surface area contributed by atoms with Crippen molar-refractivity contribution in [2.24, 2.45) is 0 Å². The third-order valence-corrected chi connectivity index (χ3v) is 3.03. The molecule has 1 unspecified atom stereocenters. The van der Waals surface area contributed by atoms with Crippen LogP contribution in [0.5, 0.6) is 0 Å². The number of rotatable bonds is 5. The smallest absolute Gasteiger partial charge is 0.313 e. The van der Waals surface area contributed by atoms with Crippen LogP contribution in [0.1, 0.15) is 49.8 Å². The molecule has 0 fully saturated rings. The van der Waals surface area contributed by atoms with E-state index in [-0.39, 0.29) is 11.9 Å². The Morgan fingerprint density at radius 1 is 1.29 bits per heavy atom. The summed E-state index contributed by atoms with van der Waals surface area (Å²) in [5.74, 6) is -0.223. The molecule has 0 spiro atoms. The second kappa shape index (κ2) is 6.43. The molecule has 1 rings (SSSR count). The summed E-state index contributed by atoms with van der Waals surface area (Å²) in [6.07, 6.45) is 1.74. The van der Waals surface area contributed by atoms with Crippen molar-refractivity contribution in [2.75, 3.05) is 6.61 Å². The van der Waals surface area contributed by atoms with Gasteiger partial charge in [-0.15, -0.1) is 0 Å². The lowest BCUT2D eigenvalue weighted by Gasteiger charge is -2.17. The van der Waals surface area contributed by atoms with E-state index in [1.807, 2.05) is 13.8 Å². The predicted octanol–water partition coefficient (Wildman–Crippen LogP) is 3.61. The molecular formula is C15H22O2. The van der Waals surface area contributed by atoms with Gasteiger partial charge in [0, 0.05) is 0 Å². The van der Waals surface area contributed by atoms with E-state index in [1.54, 1.807) is 0 Å². The minimum absolute atomic E-state index is 0.103. The molecule has 0 saturated heterocycles. The average molecular weight is 234 g/mol. The molecule has 17 heavy (non-hydrogen) atoms. The van der Waals surface area contributed by atoms with E-state index in [1.165, 1.54) is 11.1 Å². The molecule has 1 atom stereocenters. The number of carbonyl (C=O) groups is 1. The number of ether oxygens (including phenoxy) is 1. The van der Waals surface area contributed by atoms with Crippen LogP contribution < -0.4 is 0 Å². The Balaban J connectivity index is 3.06. The van der Waals surface area contributed by atoms with Crippen LogP contribution in [0.15, 0.2) is 18.2 Å². The maximum absolute atomic E-state index is 11.9. The van der Waals surface area contributed by atoms with Crippen LogP contribution >= 0.6 is 0 Å². The standard InChI is InChI=1S/C15H22O2/c1-5-12-10-11(4)8-9-14(12)13(6-2)15(16)17-7-3/h8-10,13H,5-7H2,1-4H3. The first kappa shape index (κ1) is 13.8. The van der Waals surface area contributed by atoms with E-state index in [0.29, 0.717) is 6.61 Å². The van der Waals surface area contributed by atoms with Gasteiger partial charge in [-0.2, -0.15) is 0 Å². The normalized spacial score (nSPS) is 12.2. The van der Waals surface area contributed by atoms with Gasteiger partial charge in [-0.1, -0.05) is 37.6 Å². The van der Waals surface area contributed by atoms with Gasteiger partial charge < -0.3 is 4.74 Å². The third-order valence-electron chi connectivity index (χ3n) is 3.03. The van der Waals surface area contributed by atoms with Crippen LogP contribution in [-0.2, 0) is 16.0 Å². The van der Waals surface area contributed by atoms with Crippen LogP contribution in [0.2, 0.25) is 0 Å². The van der Waals surface area contributed by atoms with Gasteiger partial charge in [0.05, 0.1) is 12.5 Å². The molecule has 1 aromatic rings. The van der Waals surface area contributed by atoms with Crippen LogP contribution in [0, 0.1) is 6.92 Å². The number of carbonyl (C=O) groups excluding carboxylic acids is 1. The zero-order chi connectivity index (χ0) is 12.8. The highest BCUT2D eigenvalue weighted by molar-refractivity contribution is 5.78. The molecule has 0 bridgehead atoms. The van der Waals surface area contributed by atoms with Gasteiger partial charge in [0.25, 0.3) is 0 Å². The quantitative estimate of drug-likeness (QED) is 0.727. The predicted molar refractivity (Wildman–Crippen MR) is 70.2 cm³/mol. The molecule has 0 N–H and O–H groups in total. The zero-order valence-corrected chi connectivity index (χ0v) is 11.2. The van der Waals surface area contributed by atoms with Crippen molar-refractivity contribution < 1.29 is 9.53 Å². The lowest BCUT2D eigenvalue weighted by Crippen LogP contribution is -2.16. The second-order valence-electron chi connectivity index (χ2n) is 4.27. The number of esters is 1. The molecule has 0 aliphatic carbocycles. The van der Waals surface area contributed by atoms with Gasteiger partial charge in [0.1, 0.15) is 0 Å². The Bertz CT molecular complexity index is 383. The van der Waals surface area contributed by atoms with Crippen LogP contribution in [0.25, 0.3) is 0 Å². The Morgan fingerprint density at radius 2 is 2.00 bits per heavy atom. The minimum atomic E-state index is -0.120. The van der Waals surface area contributed by atoms with Crippen molar-refractivity contribution in [3.05, 3.63) is 34.9 Å². The first-order valence-corrected chi connectivity index (χ1v) is 6.40. The number of benzene rings is 1. The fourth-order valence-electron chi connectivity index (χ4n) is 2.14. The maximum Gasteiger partial charge on any atom is 0.313 e. The summed E-state index contributed by atoms with van der Waals surface area (Å²) in [7, 11) is 0. The molecule has 0 aliphatic rings. The topological polar surface area (TPSA) is 26.3 Å². The van der Waals surface area contributed by atoms with Crippen molar-refractivity contribution >= 4 is 5.97 Å². The van der Waals surface area contributed by atoms with Gasteiger partial charge in [-0.3, -0.25) is 4.79 Å². The first-order chi connectivity index (χ1) is 8.13. The molecule has 0 heterocycles. The van der Waals surface area contributed by atoms with Gasteiger partial charge in [-0.05, 0) is 37.8 Å². The molecule has 94 valence electrons. The first-order valence-electron chi connectivity index (χ1n) is 6.40. The lowest BCUT2D eigenvalue weighted by atomic mass is 9.90. The number of aryl methyl sites for hydroxylation is 2. The molecule has 2 heteroatoms. The summed E-state index contributed by atoms with van der Waals surface area (Å²) in [6.45, 7) is 8.52. The van der Waals surface area contributed by atoms with Crippen molar-refractivity contribution in [2.45, 2.75) is 46.5 Å². The summed E-state index contributed by atoms with van der Waals surface area (Å²) >= 11 is 0. The minimum Gasteiger partial charge on any atom is -0.466 e. The molecule has 0 saturated carbocycles. The van der Waals surface area contributed by atoms with Crippen LogP contribution in [0.4, 0.5) is 0 Å². The SMILES string of the molecule is CCOC(=O)C(CC)c1ccc(C)cc1CC. The molecule has 0 amide bonds. The molecule has 2 nitrogen and oxygen atoms in total. The van der Waals surface area contributed by atoms with E-state index in [0.717, 1.165) is 18.4 Å². The van der Waals surface area contributed by atoms with E-state index >= 15 is 0 Å². The van der Waals surface area contributed by atoms with Crippen molar-refractivity contribution in [1.82, 2.24) is 0 Å². The molecule has 0 aliphatic heterocycles. The van der Waals surface area contributed by atoms with Crippen molar-refractivity contribution in [3.63, 3.8) is 0 Å². The van der Waals surface area contributed by atoms with Crippen LogP contribution in [-0.4, -0.2) is 12.6 Å². The second-order valence-corrected chi connectivity index (χ2v) is 4.27. The van der Waals surface area contributed by atoms with Gasteiger partial charge in [0.2, 0.25) is 0 Å². The van der Waals surface area contributed by atoms with Crippen LogP contribution in [0.3, 0.4) is 0 Å². The maximum atomic E-state index is 11.9. The summed E-state index contributed by atoms with van der Waals surface area (Å²) in [5, 5.41) is 0. The monoisotopic (exact) mass is 234 g/mol. The summed E-state index contributed by atoms with van der Waals surface area (Å²) < 4.78 is 5.14. The van der Waals surface area contributed by atoms with Crippen molar-refractivity contribution in [3.8, 4) is 0 Å². The average Bonchev–Trinajstić information content (AvgIpc) is 2.32. The fraction of sp³-hybridized carbons (Fsp3) is 0.533. The highest BCUT2D eigenvalue weighted by Gasteiger charge is 2.21. The highest BCUT2D eigenvalue weighted by Crippen LogP contribution is 2.26. The van der Waals surface area contributed by atoms with E-state index < -0.39 is 0 Å². The van der Waals surface area contributed by atoms with E-state index in [9.17, 15) is 4.79 Å². The Kier molecular flexibility index (Phi) is 5.20. The summed E-state index contributed by atoms with van der Waals surface area (Å²) in [4.78, 5) is 11.9. The lowest BCUT2D eigenvalue weighted by molar-refractivity contribution is -0.145. The van der Waals surface area contributed by atoms with E-state index in [2.05, 4.69) is 32.0 Å². The summed E-state index contributed by atoms with van der Waals surface area (Å²) in [6, 6.07) is 6.30. The Morgan fingerprint density at radius 3 is 2.53 bits per heavy atom. The Labute approximate surface area is 104 Å². The van der Waals surface area contributed by atoms with Gasteiger partial charge in [0.15, 0.2) is 0 Å². The summed E-state index contributed by atoms with van der Waals surface area (Å²) in [5.41, 5.74) is 3.62.